The van der Waals surface area contributed by atoms with Gasteiger partial charge in [0.05, 0.1) is 41.7 Å². The van der Waals surface area contributed by atoms with Gasteiger partial charge in [0.15, 0.2) is 23.0 Å². The maximum absolute atomic E-state index is 12.1. The third kappa shape index (κ3) is 5.08. The fourth-order valence-corrected chi connectivity index (χ4v) is 3.11. The molecule has 8 nitrogen and oxygen atoms in total. The van der Waals surface area contributed by atoms with Gasteiger partial charge in [-0.2, -0.15) is 0 Å². The predicted molar refractivity (Wildman–Crippen MR) is 108 cm³/mol. The molecule has 2 unspecified atom stereocenters. The van der Waals surface area contributed by atoms with Crippen molar-refractivity contribution in [2.24, 2.45) is 11.8 Å². The minimum Gasteiger partial charge on any atom is -0.492 e. The number of hydrogen-bond acceptors (Lipinski definition) is 8. The maximum atomic E-state index is 12.1. The summed E-state index contributed by atoms with van der Waals surface area (Å²) in [5, 5.41) is 19.9. The quantitative estimate of drug-likeness (QED) is 0.577. The van der Waals surface area contributed by atoms with E-state index < -0.39 is 11.8 Å². The molecule has 8 heteroatoms. The van der Waals surface area contributed by atoms with Gasteiger partial charge in [0, 0.05) is 11.8 Å². The summed E-state index contributed by atoms with van der Waals surface area (Å²) in [6.45, 7) is -0.529. The van der Waals surface area contributed by atoms with Crippen LogP contribution in [0.15, 0.2) is 70.6 Å². The second-order valence-electron chi connectivity index (χ2n) is 6.54. The fraction of sp³-hybridized carbons (Fsp3) is 0.364. The number of carbonyl (C=O) groups is 2. The minimum atomic E-state index is -0.495. The maximum Gasteiger partial charge on any atom is 0.261 e. The zero-order valence-corrected chi connectivity index (χ0v) is 17.4. The highest BCUT2D eigenvalue weighted by Gasteiger charge is 2.25. The summed E-state index contributed by atoms with van der Waals surface area (Å²) in [4.78, 5) is 24.2. The molecule has 2 atom stereocenters. The summed E-state index contributed by atoms with van der Waals surface area (Å²) in [6, 6.07) is 0. The molecule has 0 radical (unpaired) electrons. The van der Waals surface area contributed by atoms with Crippen molar-refractivity contribution in [1.29, 1.82) is 0 Å². The van der Waals surface area contributed by atoms with E-state index >= 15 is 0 Å². The average Bonchev–Trinajstić information content (AvgIpc) is 2.77. The summed E-state index contributed by atoms with van der Waals surface area (Å²) in [5.41, 5.74) is 1.19. The Labute approximate surface area is 175 Å². The zero-order valence-electron chi connectivity index (χ0n) is 17.4. The summed E-state index contributed by atoms with van der Waals surface area (Å²) in [5.74, 6) is -1.29. The Morgan fingerprint density at radius 2 is 0.933 bits per heavy atom. The number of aliphatic hydroxyl groups excluding tert-OH is 2. The van der Waals surface area contributed by atoms with Gasteiger partial charge in [0.2, 0.25) is 0 Å². The molecule has 2 aliphatic carbocycles. The van der Waals surface area contributed by atoms with Crippen LogP contribution in [0.4, 0.5) is 0 Å². The molecule has 0 saturated carbocycles. The third-order valence-electron chi connectivity index (χ3n) is 4.75. The van der Waals surface area contributed by atoms with Gasteiger partial charge in [-0.1, -0.05) is 12.2 Å². The van der Waals surface area contributed by atoms with E-state index in [1.807, 2.05) is 0 Å². The van der Waals surface area contributed by atoms with Gasteiger partial charge >= 0.3 is 0 Å². The van der Waals surface area contributed by atoms with E-state index in [-0.39, 0.29) is 47.8 Å². The molecule has 0 aromatic carbocycles. The van der Waals surface area contributed by atoms with Crippen molar-refractivity contribution in [3.63, 3.8) is 0 Å². The van der Waals surface area contributed by atoms with Gasteiger partial charge in [-0.15, -0.1) is 0 Å². The first-order valence-corrected chi connectivity index (χ1v) is 9.19. The first-order valence-electron chi connectivity index (χ1n) is 9.19. The summed E-state index contributed by atoms with van der Waals surface area (Å²) in [7, 11) is 5.53. The van der Waals surface area contributed by atoms with Crippen LogP contribution in [0.3, 0.4) is 0 Å². The minimum absolute atomic E-state index is 0.113. The number of aliphatic hydroxyl groups is 2. The van der Waals surface area contributed by atoms with E-state index in [1.165, 1.54) is 28.4 Å². The molecule has 0 saturated heterocycles. The lowest BCUT2D eigenvalue weighted by molar-refractivity contribution is -0.118. The molecule has 2 N–H and O–H groups in total. The number of ketones is 2. The average molecular weight is 418 g/mol. The number of methoxy groups -OCH3 is 4. The first-order chi connectivity index (χ1) is 14.4. The second-order valence-corrected chi connectivity index (χ2v) is 6.54. The van der Waals surface area contributed by atoms with Crippen LogP contribution in [0.5, 0.6) is 0 Å². The van der Waals surface area contributed by atoms with Crippen LogP contribution in [0.2, 0.25) is 0 Å². The SMILES string of the molecule is COC1=CC(=CC(CO)C(C=C2C=C(OC)C(=O)C(OC)=C2)CO)C=C(OC)C1=O. The Kier molecular flexibility index (Phi) is 8.20. The standard InChI is InChI=1S/C22H26O8/c1-27-17-7-13(8-18(28-2)21(17)25)5-15(11-23)16(12-24)6-14-9-19(29-3)22(26)20(10-14)30-4/h5-10,15-16,23-24H,11-12H2,1-4H3. The molecule has 0 fully saturated rings. The Bertz CT molecular complexity index is 746. The Morgan fingerprint density at radius 1 is 0.667 bits per heavy atom. The van der Waals surface area contributed by atoms with Crippen molar-refractivity contribution in [1.82, 2.24) is 0 Å². The van der Waals surface area contributed by atoms with Crippen molar-refractivity contribution in [3.8, 4) is 0 Å². The van der Waals surface area contributed by atoms with Crippen LogP contribution < -0.4 is 0 Å². The van der Waals surface area contributed by atoms with Gasteiger partial charge in [-0.25, -0.2) is 0 Å². The smallest absolute Gasteiger partial charge is 0.261 e. The summed E-state index contributed by atoms with van der Waals surface area (Å²) in [6.07, 6.45) is 9.61. The number of rotatable bonds is 9. The van der Waals surface area contributed by atoms with Crippen molar-refractivity contribution in [2.45, 2.75) is 0 Å². The molecule has 2 rings (SSSR count). The lowest BCUT2D eigenvalue weighted by Gasteiger charge is -2.21. The van der Waals surface area contributed by atoms with Crippen LogP contribution in [0.1, 0.15) is 0 Å². The number of carbonyl (C=O) groups excluding carboxylic acids is 2. The number of allylic oxidation sites excluding steroid dienone is 6. The lowest BCUT2D eigenvalue weighted by Crippen LogP contribution is -2.21. The van der Waals surface area contributed by atoms with Gasteiger partial charge < -0.3 is 29.2 Å². The molecule has 0 aliphatic heterocycles. The van der Waals surface area contributed by atoms with Crippen LogP contribution in [-0.2, 0) is 28.5 Å². The monoisotopic (exact) mass is 418 g/mol. The Hall–Kier alpha value is -3.10. The first kappa shape index (κ1) is 23.2. The van der Waals surface area contributed by atoms with E-state index in [2.05, 4.69) is 0 Å². The molecule has 0 aromatic heterocycles. The van der Waals surface area contributed by atoms with Crippen molar-refractivity contribution < 1.29 is 38.7 Å². The lowest BCUT2D eigenvalue weighted by atomic mass is 9.88. The Balaban J connectivity index is 2.41. The molecular weight excluding hydrogens is 392 g/mol. The molecule has 0 heterocycles. The van der Waals surface area contributed by atoms with E-state index in [4.69, 9.17) is 18.9 Å². The molecule has 2 aliphatic rings. The number of Topliss-reactive ketones (excluding diaryl/α,β-unsaturated/α-hetero) is 2. The largest absolute Gasteiger partial charge is 0.492 e. The topological polar surface area (TPSA) is 112 Å². The van der Waals surface area contributed by atoms with E-state index in [0.717, 1.165) is 0 Å². The molecule has 0 spiro atoms. The molecular formula is C22H26O8. The zero-order chi connectivity index (χ0) is 22.3. The third-order valence-corrected chi connectivity index (χ3v) is 4.75. The Morgan fingerprint density at radius 3 is 1.13 bits per heavy atom. The summed E-state index contributed by atoms with van der Waals surface area (Å²) >= 11 is 0. The van der Waals surface area contributed by atoms with E-state index in [9.17, 15) is 19.8 Å². The fourth-order valence-electron chi connectivity index (χ4n) is 3.11. The van der Waals surface area contributed by atoms with Crippen LogP contribution in [-0.4, -0.2) is 63.4 Å². The highest BCUT2D eigenvalue weighted by atomic mass is 16.5. The highest BCUT2D eigenvalue weighted by molar-refractivity contribution is 6.08. The van der Waals surface area contributed by atoms with Crippen LogP contribution >= 0.6 is 0 Å². The number of hydrogen-bond donors (Lipinski definition) is 2. The van der Waals surface area contributed by atoms with Gasteiger partial charge in [-0.3, -0.25) is 9.59 Å². The molecule has 30 heavy (non-hydrogen) atoms. The van der Waals surface area contributed by atoms with Crippen molar-refractivity contribution >= 4 is 11.6 Å². The molecule has 0 aromatic rings. The van der Waals surface area contributed by atoms with Crippen LogP contribution in [0.25, 0.3) is 0 Å². The summed E-state index contributed by atoms with van der Waals surface area (Å²) < 4.78 is 20.4. The highest BCUT2D eigenvalue weighted by Crippen LogP contribution is 2.27. The normalized spacial score (nSPS) is 18.5. The molecule has 0 bridgehead atoms. The van der Waals surface area contributed by atoms with E-state index in [1.54, 1.807) is 36.5 Å². The number of ether oxygens (including phenoxy) is 4. The van der Waals surface area contributed by atoms with Gasteiger partial charge in [0.25, 0.3) is 11.6 Å². The van der Waals surface area contributed by atoms with Crippen LogP contribution in [0, 0.1) is 11.8 Å². The second kappa shape index (κ2) is 10.6. The van der Waals surface area contributed by atoms with Gasteiger partial charge in [-0.05, 0) is 35.5 Å². The van der Waals surface area contributed by atoms with Gasteiger partial charge in [0.1, 0.15) is 0 Å². The van der Waals surface area contributed by atoms with Crippen molar-refractivity contribution in [3.05, 3.63) is 70.6 Å². The molecule has 0 amide bonds. The predicted octanol–water partition coefficient (Wildman–Crippen LogP) is 1.34. The van der Waals surface area contributed by atoms with E-state index in [0.29, 0.717) is 11.1 Å². The molecule has 162 valence electrons. The van der Waals surface area contributed by atoms with Crippen molar-refractivity contribution in [2.75, 3.05) is 41.7 Å².